The summed E-state index contributed by atoms with van der Waals surface area (Å²) in [5.41, 5.74) is 0.893. The van der Waals surface area contributed by atoms with Crippen LogP contribution < -0.4 is 5.32 Å². The van der Waals surface area contributed by atoms with E-state index in [9.17, 15) is 14.4 Å². The Balaban J connectivity index is 1.99. The Kier molecular flexibility index (Phi) is 4.17. The number of allylic oxidation sites excluding steroid dienone is 2. The Morgan fingerprint density at radius 1 is 1.11 bits per heavy atom. The Morgan fingerprint density at radius 2 is 1.74 bits per heavy atom. The largest absolute Gasteiger partial charge is 0.296 e. The number of piperidine rings is 1. The van der Waals surface area contributed by atoms with Crippen LogP contribution in [0.25, 0.3) is 0 Å². The molecule has 0 radical (unpaired) electrons. The van der Waals surface area contributed by atoms with Gasteiger partial charge in [-0.25, -0.2) is 0 Å². The topological polar surface area (TPSA) is 63.2 Å². The second kappa shape index (κ2) is 5.68. The lowest BCUT2D eigenvalue weighted by Gasteiger charge is -2.26. The number of amides is 2. The molecule has 2 atom stereocenters. The fraction of sp³-hybridized carbons (Fsp3) is 0.667. The number of hydrogen-bond acceptors (Lipinski definition) is 3. The van der Waals surface area contributed by atoms with Gasteiger partial charge < -0.3 is 0 Å². The van der Waals surface area contributed by atoms with Crippen LogP contribution in [0.5, 0.6) is 0 Å². The fourth-order valence-corrected chi connectivity index (χ4v) is 3.10. The van der Waals surface area contributed by atoms with Crippen LogP contribution in [0.15, 0.2) is 11.6 Å². The van der Waals surface area contributed by atoms with E-state index in [2.05, 4.69) is 12.2 Å². The lowest BCUT2D eigenvalue weighted by Crippen LogP contribution is -2.38. The van der Waals surface area contributed by atoms with E-state index < -0.39 is 0 Å². The van der Waals surface area contributed by atoms with Crippen molar-refractivity contribution in [3.05, 3.63) is 11.6 Å². The average Bonchev–Trinajstić information content (AvgIpc) is 2.30. The number of carbonyl (C=O) groups excluding carboxylic acids is 3. The van der Waals surface area contributed by atoms with Gasteiger partial charge in [-0.1, -0.05) is 19.9 Å². The van der Waals surface area contributed by atoms with Gasteiger partial charge >= 0.3 is 0 Å². The van der Waals surface area contributed by atoms with Crippen molar-refractivity contribution in [2.24, 2.45) is 17.8 Å². The molecule has 2 rings (SSSR count). The number of rotatable bonds is 2. The summed E-state index contributed by atoms with van der Waals surface area (Å²) in [6, 6.07) is 0. The number of Topliss-reactive ketones (excluding diaryl/α,β-unsaturated/α-hetero) is 1. The van der Waals surface area contributed by atoms with Gasteiger partial charge in [-0.05, 0) is 36.7 Å². The molecule has 0 bridgehead atoms. The van der Waals surface area contributed by atoms with Crippen LogP contribution in [0, 0.1) is 17.8 Å². The maximum absolute atomic E-state index is 12.1. The SMILES string of the molecule is CC1CC(=CCC2CC(=O)NC(=O)C2)C(=O)C(C)C1. The third kappa shape index (κ3) is 3.52. The molecule has 1 aliphatic heterocycles. The molecule has 1 N–H and O–H groups in total. The molecule has 0 aromatic carbocycles. The number of carbonyl (C=O) groups is 3. The van der Waals surface area contributed by atoms with Crippen LogP contribution in [-0.2, 0) is 14.4 Å². The maximum atomic E-state index is 12.1. The average molecular weight is 263 g/mol. The summed E-state index contributed by atoms with van der Waals surface area (Å²) >= 11 is 0. The van der Waals surface area contributed by atoms with Crippen molar-refractivity contribution < 1.29 is 14.4 Å². The molecule has 1 saturated carbocycles. The molecule has 2 unspecified atom stereocenters. The molecule has 0 aromatic rings. The number of imide groups is 1. The van der Waals surface area contributed by atoms with Crippen LogP contribution in [0.1, 0.15) is 46.0 Å². The number of ketones is 1. The van der Waals surface area contributed by atoms with Gasteiger partial charge in [-0.15, -0.1) is 0 Å². The van der Waals surface area contributed by atoms with Crippen LogP contribution in [0.2, 0.25) is 0 Å². The van der Waals surface area contributed by atoms with Gasteiger partial charge in [0.1, 0.15) is 0 Å². The van der Waals surface area contributed by atoms with Crippen molar-refractivity contribution in [3.63, 3.8) is 0 Å². The van der Waals surface area contributed by atoms with Crippen LogP contribution in [0.3, 0.4) is 0 Å². The highest BCUT2D eigenvalue weighted by molar-refractivity contribution is 5.98. The quantitative estimate of drug-likeness (QED) is 0.612. The molecule has 1 aliphatic carbocycles. The molecular formula is C15H21NO3. The summed E-state index contributed by atoms with van der Waals surface area (Å²) in [5, 5.41) is 2.30. The first-order valence-electron chi connectivity index (χ1n) is 7.01. The van der Waals surface area contributed by atoms with E-state index in [4.69, 9.17) is 0 Å². The first-order chi connectivity index (χ1) is 8.95. The van der Waals surface area contributed by atoms with Gasteiger partial charge in [0.2, 0.25) is 11.8 Å². The van der Waals surface area contributed by atoms with Gasteiger partial charge in [-0.3, -0.25) is 19.7 Å². The third-order valence-electron chi connectivity index (χ3n) is 4.01. The minimum absolute atomic E-state index is 0.0501. The monoisotopic (exact) mass is 263 g/mol. The Morgan fingerprint density at radius 3 is 2.37 bits per heavy atom. The van der Waals surface area contributed by atoms with Crippen molar-refractivity contribution in [1.82, 2.24) is 5.32 Å². The highest BCUT2D eigenvalue weighted by atomic mass is 16.2. The van der Waals surface area contributed by atoms with E-state index in [-0.39, 0.29) is 29.4 Å². The van der Waals surface area contributed by atoms with Gasteiger partial charge in [0, 0.05) is 18.8 Å². The molecule has 2 amide bonds. The van der Waals surface area contributed by atoms with Crippen LogP contribution in [0.4, 0.5) is 0 Å². The molecule has 1 heterocycles. The molecule has 0 spiro atoms. The summed E-state index contributed by atoms with van der Waals surface area (Å²) in [4.78, 5) is 34.6. The van der Waals surface area contributed by atoms with E-state index in [1.807, 2.05) is 13.0 Å². The lowest BCUT2D eigenvalue weighted by atomic mass is 9.78. The summed E-state index contributed by atoms with van der Waals surface area (Å²) < 4.78 is 0. The lowest BCUT2D eigenvalue weighted by molar-refractivity contribution is -0.134. The Labute approximate surface area is 113 Å². The Hall–Kier alpha value is -1.45. The van der Waals surface area contributed by atoms with E-state index in [0.29, 0.717) is 25.2 Å². The van der Waals surface area contributed by atoms with Gasteiger partial charge in [0.15, 0.2) is 5.78 Å². The zero-order chi connectivity index (χ0) is 14.0. The maximum Gasteiger partial charge on any atom is 0.226 e. The molecule has 4 heteroatoms. The van der Waals surface area contributed by atoms with Crippen LogP contribution >= 0.6 is 0 Å². The fourth-order valence-electron chi connectivity index (χ4n) is 3.10. The van der Waals surface area contributed by atoms with E-state index in [1.165, 1.54) is 0 Å². The molecule has 0 aromatic heterocycles. The zero-order valence-corrected chi connectivity index (χ0v) is 11.6. The predicted molar refractivity (Wildman–Crippen MR) is 71.1 cm³/mol. The van der Waals surface area contributed by atoms with E-state index >= 15 is 0 Å². The first-order valence-corrected chi connectivity index (χ1v) is 7.01. The second-order valence-electron chi connectivity index (χ2n) is 6.02. The summed E-state index contributed by atoms with van der Waals surface area (Å²) in [6.07, 6.45) is 5.17. The summed E-state index contributed by atoms with van der Waals surface area (Å²) in [6.45, 7) is 4.14. The molecule has 1 saturated heterocycles. The zero-order valence-electron chi connectivity index (χ0n) is 11.6. The number of hydrogen-bond donors (Lipinski definition) is 1. The van der Waals surface area contributed by atoms with Crippen LogP contribution in [-0.4, -0.2) is 17.6 Å². The van der Waals surface area contributed by atoms with Crippen molar-refractivity contribution in [3.8, 4) is 0 Å². The molecule has 2 fully saturated rings. The smallest absolute Gasteiger partial charge is 0.226 e. The first kappa shape index (κ1) is 14.0. The number of nitrogens with one attached hydrogen (secondary N) is 1. The minimum atomic E-state index is -0.198. The normalized spacial score (nSPS) is 31.7. The molecule has 104 valence electrons. The highest BCUT2D eigenvalue weighted by Crippen LogP contribution is 2.31. The van der Waals surface area contributed by atoms with Crippen molar-refractivity contribution in [2.45, 2.75) is 46.0 Å². The van der Waals surface area contributed by atoms with Gasteiger partial charge in [-0.2, -0.15) is 0 Å². The Bertz CT molecular complexity index is 423. The summed E-state index contributed by atoms with van der Waals surface area (Å²) in [7, 11) is 0. The van der Waals surface area contributed by atoms with E-state index in [1.54, 1.807) is 0 Å². The predicted octanol–water partition coefficient (Wildman–Crippen LogP) is 1.99. The molecule has 19 heavy (non-hydrogen) atoms. The third-order valence-corrected chi connectivity index (χ3v) is 4.01. The van der Waals surface area contributed by atoms with Gasteiger partial charge in [0.25, 0.3) is 0 Å². The van der Waals surface area contributed by atoms with Crippen molar-refractivity contribution in [2.75, 3.05) is 0 Å². The summed E-state index contributed by atoms with van der Waals surface area (Å²) in [5.74, 6) is 0.535. The van der Waals surface area contributed by atoms with Crippen molar-refractivity contribution >= 4 is 17.6 Å². The molecular weight excluding hydrogens is 242 g/mol. The molecule has 2 aliphatic rings. The minimum Gasteiger partial charge on any atom is -0.296 e. The second-order valence-corrected chi connectivity index (χ2v) is 6.02. The standard InChI is InChI=1S/C15H21NO3/c1-9-5-10(2)15(19)12(6-9)4-3-11-7-13(17)16-14(18)8-11/h4,9-11H,3,5-8H2,1-2H3,(H,16,17,18). The molecule has 4 nitrogen and oxygen atoms in total. The van der Waals surface area contributed by atoms with Gasteiger partial charge in [0.05, 0.1) is 0 Å². The van der Waals surface area contributed by atoms with Crippen molar-refractivity contribution in [1.29, 1.82) is 0 Å². The highest BCUT2D eigenvalue weighted by Gasteiger charge is 2.28. The van der Waals surface area contributed by atoms with E-state index in [0.717, 1.165) is 18.4 Å².